The average Bonchev–Trinajstić information content (AvgIpc) is 3.35. The molecule has 10 heteroatoms. The second-order valence-electron chi connectivity index (χ2n) is 6.40. The quantitative estimate of drug-likeness (QED) is 0.434. The zero-order valence-corrected chi connectivity index (χ0v) is 18.4. The zero-order chi connectivity index (χ0) is 21.0. The number of thioether (sulfide) groups is 1. The number of nitrogens with one attached hydrogen (secondary N) is 1. The fourth-order valence-electron chi connectivity index (χ4n) is 2.73. The van der Waals surface area contributed by atoms with Crippen molar-refractivity contribution in [3.8, 4) is 0 Å². The van der Waals surface area contributed by atoms with Crippen molar-refractivity contribution in [1.82, 2.24) is 19.3 Å². The Balaban J connectivity index is 1.61. The third kappa shape index (κ3) is 5.07. The zero-order valence-electron chi connectivity index (χ0n) is 16.8. The van der Waals surface area contributed by atoms with Gasteiger partial charge in [0.2, 0.25) is 5.91 Å². The molecule has 8 nitrogen and oxygen atoms in total. The molecule has 0 aliphatic heterocycles. The van der Waals surface area contributed by atoms with Crippen molar-refractivity contribution in [2.24, 2.45) is 14.1 Å². The molecule has 0 aliphatic carbocycles. The fourth-order valence-corrected chi connectivity index (χ4v) is 4.37. The SMILES string of the molecule is CCOC(=O)c1cc(C)sc1NC(=O)CSc1nnc(Cc2cccn2C)n1C. The number of amides is 1. The third-order valence-corrected chi connectivity index (χ3v) is 6.24. The largest absolute Gasteiger partial charge is 0.462 e. The van der Waals surface area contributed by atoms with Gasteiger partial charge in [-0.2, -0.15) is 0 Å². The van der Waals surface area contributed by atoms with Gasteiger partial charge in [-0.3, -0.25) is 4.79 Å². The molecule has 3 heterocycles. The Labute approximate surface area is 177 Å². The molecule has 0 spiro atoms. The first kappa shape index (κ1) is 21.1. The number of aryl methyl sites for hydroxylation is 2. The van der Waals surface area contributed by atoms with Gasteiger partial charge in [-0.05, 0) is 32.0 Å². The van der Waals surface area contributed by atoms with Crippen molar-refractivity contribution < 1.29 is 14.3 Å². The number of ether oxygens (including phenoxy) is 1. The molecule has 3 rings (SSSR count). The molecule has 0 radical (unpaired) electrons. The third-order valence-electron chi connectivity index (χ3n) is 4.25. The van der Waals surface area contributed by atoms with Crippen LogP contribution < -0.4 is 5.32 Å². The number of carbonyl (C=O) groups excluding carboxylic acids is 2. The maximum Gasteiger partial charge on any atom is 0.341 e. The summed E-state index contributed by atoms with van der Waals surface area (Å²) >= 11 is 2.65. The fraction of sp³-hybridized carbons (Fsp3) is 0.368. The number of aromatic nitrogens is 4. The Morgan fingerprint density at radius 2 is 2.10 bits per heavy atom. The number of rotatable bonds is 8. The lowest BCUT2D eigenvalue weighted by molar-refractivity contribution is -0.113. The Kier molecular flexibility index (Phi) is 6.75. The first-order valence-corrected chi connectivity index (χ1v) is 10.9. The predicted molar refractivity (Wildman–Crippen MR) is 114 cm³/mol. The number of thiophene rings is 1. The van der Waals surface area contributed by atoms with Gasteiger partial charge in [-0.15, -0.1) is 21.5 Å². The van der Waals surface area contributed by atoms with Crippen molar-refractivity contribution >= 4 is 40.0 Å². The second-order valence-corrected chi connectivity index (χ2v) is 8.60. The maximum atomic E-state index is 12.4. The lowest BCUT2D eigenvalue weighted by Crippen LogP contribution is -2.16. The molecule has 0 fully saturated rings. The molecule has 3 aromatic rings. The molecule has 0 saturated carbocycles. The van der Waals surface area contributed by atoms with Crippen LogP contribution in [0.5, 0.6) is 0 Å². The Hall–Kier alpha value is -2.59. The number of esters is 1. The van der Waals surface area contributed by atoms with Crippen LogP contribution in [0.4, 0.5) is 5.00 Å². The van der Waals surface area contributed by atoms with E-state index in [4.69, 9.17) is 4.74 Å². The summed E-state index contributed by atoms with van der Waals surface area (Å²) in [7, 11) is 3.88. The molecule has 154 valence electrons. The van der Waals surface area contributed by atoms with Gasteiger partial charge in [0.25, 0.3) is 0 Å². The first-order chi connectivity index (χ1) is 13.9. The number of hydrogen-bond acceptors (Lipinski definition) is 7. The van der Waals surface area contributed by atoms with E-state index in [1.807, 2.05) is 48.5 Å². The highest BCUT2D eigenvalue weighted by Crippen LogP contribution is 2.28. The summed E-state index contributed by atoms with van der Waals surface area (Å²) in [5.74, 6) is 0.344. The Bertz CT molecular complexity index is 1020. The number of anilines is 1. The molecular formula is C19H23N5O3S2. The van der Waals surface area contributed by atoms with E-state index in [9.17, 15) is 9.59 Å². The van der Waals surface area contributed by atoms with Crippen LogP contribution >= 0.6 is 23.1 Å². The van der Waals surface area contributed by atoms with Gasteiger partial charge in [0, 0.05) is 37.3 Å². The second kappa shape index (κ2) is 9.27. The molecule has 0 bridgehead atoms. The predicted octanol–water partition coefficient (Wildman–Crippen LogP) is 3.02. The highest BCUT2D eigenvalue weighted by atomic mass is 32.2. The van der Waals surface area contributed by atoms with Crippen LogP contribution in [0.15, 0.2) is 29.6 Å². The number of nitrogens with zero attached hydrogens (tertiary/aromatic N) is 4. The van der Waals surface area contributed by atoms with E-state index in [0.717, 1.165) is 16.4 Å². The molecule has 0 atom stereocenters. The van der Waals surface area contributed by atoms with Gasteiger partial charge in [-0.25, -0.2) is 4.79 Å². The maximum absolute atomic E-state index is 12.4. The molecule has 3 aromatic heterocycles. The number of hydrogen-bond donors (Lipinski definition) is 1. The van der Waals surface area contributed by atoms with Gasteiger partial charge in [0.05, 0.1) is 17.9 Å². The molecular weight excluding hydrogens is 410 g/mol. The van der Waals surface area contributed by atoms with E-state index in [1.165, 1.54) is 23.1 Å². The lowest BCUT2D eigenvalue weighted by Gasteiger charge is -2.07. The van der Waals surface area contributed by atoms with E-state index >= 15 is 0 Å². The van der Waals surface area contributed by atoms with Crippen LogP contribution in [0, 0.1) is 6.92 Å². The van der Waals surface area contributed by atoms with E-state index in [2.05, 4.69) is 15.5 Å². The molecule has 0 unspecified atom stereocenters. The van der Waals surface area contributed by atoms with E-state index in [1.54, 1.807) is 13.0 Å². The molecule has 1 amide bonds. The topological polar surface area (TPSA) is 91.0 Å². The van der Waals surface area contributed by atoms with Gasteiger partial charge in [-0.1, -0.05) is 11.8 Å². The summed E-state index contributed by atoms with van der Waals surface area (Å²) in [4.78, 5) is 25.4. The van der Waals surface area contributed by atoms with Gasteiger partial charge in [0.1, 0.15) is 10.8 Å². The van der Waals surface area contributed by atoms with E-state index < -0.39 is 5.97 Å². The summed E-state index contributed by atoms with van der Waals surface area (Å²) in [5.41, 5.74) is 1.52. The summed E-state index contributed by atoms with van der Waals surface area (Å²) in [6.45, 7) is 3.92. The highest BCUT2D eigenvalue weighted by molar-refractivity contribution is 7.99. The summed E-state index contributed by atoms with van der Waals surface area (Å²) in [6, 6.07) is 5.76. The molecule has 0 aliphatic rings. The van der Waals surface area contributed by atoms with Crippen molar-refractivity contribution in [1.29, 1.82) is 0 Å². The van der Waals surface area contributed by atoms with E-state index in [0.29, 0.717) is 22.1 Å². The smallest absolute Gasteiger partial charge is 0.341 e. The van der Waals surface area contributed by atoms with Crippen LogP contribution in [0.25, 0.3) is 0 Å². The Morgan fingerprint density at radius 1 is 1.31 bits per heavy atom. The minimum Gasteiger partial charge on any atom is -0.462 e. The van der Waals surface area contributed by atoms with Crippen molar-refractivity contribution in [2.75, 3.05) is 17.7 Å². The normalized spacial score (nSPS) is 10.9. The molecule has 0 aromatic carbocycles. The van der Waals surface area contributed by atoms with Crippen LogP contribution in [0.1, 0.15) is 33.7 Å². The van der Waals surface area contributed by atoms with E-state index in [-0.39, 0.29) is 18.3 Å². The van der Waals surface area contributed by atoms with Crippen molar-refractivity contribution in [2.45, 2.75) is 25.4 Å². The van der Waals surface area contributed by atoms with Gasteiger partial charge >= 0.3 is 5.97 Å². The summed E-state index contributed by atoms with van der Waals surface area (Å²) in [6.07, 6.45) is 2.65. The molecule has 1 N–H and O–H groups in total. The average molecular weight is 434 g/mol. The van der Waals surface area contributed by atoms with Crippen molar-refractivity contribution in [3.63, 3.8) is 0 Å². The lowest BCUT2D eigenvalue weighted by atomic mass is 10.3. The minimum atomic E-state index is -0.432. The van der Waals surface area contributed by atoms with Crippen LogP contribution in [-0.4, -0.2) is 43.6 Å². The van der Waals surface area contributed by atoms with Crippen LogP contribution in [-0.2, 0) is 30.0 Å². The van der Waals surface area contributed by atoms with Gasteiger partial charge < -0.3 is 19.2 Å². The highest BCUT2D eigenvalue weighted by Gasteiger charge is 2.19. The number of carbonyl (C=O) groups is 2. The first-order valence-electron chi connectivity index (χ1n) is 9.07. The minimum absolute atomic E-state index is 0.162. The summed E-state index contributed by atoms with van der Waals surface area (Å²) in [5, 5.41) is 12.4. The van der Waals surface area contributed by atoms with Crippen LogP contribution in [0.3, 0.4) is 0 Å². The molecule has 29 heavy (non-hydrogen) atoms. The summed E-state index contributed by atoms with van der Waals surface area (Å²) < 4.78 is 8.98. The van der Waals surface area contributed by atoms with Crippen molar-refractivity contribution in [3.05, 3.63) is 46.4 Å². The Morgan fingerprint density at radius 3 is 2.79 bits per heavy atom. The monoisotopic (exact) mass is 433 g/mol. The molecule has 0 saturated heterocycles. The van der Waals surface area contributed by atoms with Crippen LogP contribution in [0.2, 0.25) is 0 Å². The standard InChI is InChI=1S/C19H23N5O3S2/c1-5-27-18(26)14-9-12(2)29-17(14)20-16(25)11-28-19-22-21-15(24(19)4)10-13-7-6-8-23(13)3/h6-9H,5,10-11H2,1-4H3,(H,20,25). The van der Waals surface area contributed by atoms with Gasteiger partial charge in [0.15, 0.2) is 5.16 Å².